The van der Waals surface area contributed by atoms with Crippen LogP contribution in [-0.2, 0) is 0 Å². The molecule has 5 nitrogen and oxygen atoms in total. The zero-order chi connectivity index (χ0) is 19.0. The van der Waals surface area contributed by atoms with Gasteiger partial charge in [0, 0.05) is 17.9 Å². The van der Waals surface area contributed by atoms with E-state index in [1.165, 1.54) is 0 Å². The van der Waals surface area contributed by atoms with Crippen molar-refractivity contribution in [3.05, 3.63) is 35.3 Å². The smallest absolute Gasteiger partial charge is 0.222 e. The molecular weight excluding hydrogens is 324 g/mol. The van der Waals surface area contributed by atoms with Crippen LogP contribution in [0.3, 0.4) is 0 Å². The predicted molar refractivity (Wildman–Crippen MR) is 106 cm³/mol. The molecule has 0 aromatic carbocycles. The Labute approximate surface area is 155 Å². The summed E-state index contributed by atoms with van der Waals surface area (Å²) in [5.74, 6) is 0.950. The Hall–Kier alpha value is -2.43. The Bertz CT molecular complexity index is 943. The van der Waals surface area contributed by atoms with Crippen molar-refractivity contribution in [2.45, 2.75) is 59.9 Å². The average molecular weight is 352 g/mol. The van der Waals surface area contributed by atoms with Crippen molar-refractivity contribution < 1.29 is 4.74 Å². The third-order valence-electron chi connectivity index (χ3n) is 4.99. The SMILES string of the molecule is CCC(C)n1cc(C)c2nc(-c3ccc(C(C)C)nc3OC)c(C)nc21. The van der Waals surface area contributed by atoms with Crippen molar-refractivity contribution in [3.63, 3.8) is 0 Å². The van der Waals surface area contributed by atoms with E-state index in [1.807, 2.05) is 19.1 Å². The van der Waals surface area contributed by atoms with Crippen molar-refractivity contribution >= 4 is 11.2 Å². The van der Waals surface area contributed by atoms with Gasteiger partial charge >= 0.3 is 0 Å². The molecule has 0 fully saturated rings. The maximum Gasteiger partial charge on any atom is 0.222 e. The summed E-state index contributed by atoms with van der Waals surface area (Å²) >= 11 is 0. The number of fused-ring (bicyclic) bond motifs is 1. The van der Waals surface area contributed by atoms with Gasteiger partial charge in [0.15, 0.2) is 5.65 Å². The van der Waals surface area contributed by atoms with E-state index >= 15 is 0 Å². The van der Waals surface area contributed by atoms with Gasteiger partial charge in [-0.1, -0.05) is 20.8 Å². The molecule has 0 aliphatic rings. The van der Waals surface area contributed by atoms with E-state index in [2.05, 4.69) is 50.4 Å². The Balaban J connectivity index is 2.21. The zero-order valence-electron chi connectivity index (χ0n) is 16.8. The van der Waals surface area contributed by atoms with Gasteiger partial charge in [0.1, 0.15) is 5.52 Å². The summed E-state index contributed by atoms with van der Waals surface area (Å²) in [6.45, 7) is 12.7. The first-order chi connectivity index (χ1) is 12.4. The maximum absolute atomic E-state index is 5.56. The molecule has 0 aliphatic carbocycles. The first-order valence-electron chi connectivity index (χ1n) is 9.28. The quantitative estimate of drug-likeness (QED) is 0.632. The molecule has 0 aliphatic heterocycles. The van der Waals surface area contributed by atoms with Crippen LogP contribution in [-0.4, -0.2) is 26.6 Å². The molecule has 0 amide bonds. The third kappa shape index (κ3) is 3.06. The van der Waals surface area contributed by atoms with Crippen LogP contribution in [0.4, 0.5) is 0 Å². The zero-order valence-corrected chi connectivity index (χ0v) is 16.8. The molecule has 138 valence electrons. The van der Waals surface area contributed by atoms with Gasteiger partial charge in [-0.2, -0.15) is 0 Å². The second-order valence-corrected chi connectivity index (χ2v) is 7.25. The van der Waals surface area contributed by atoms with Gasteiger partial charge in [-0.05, 0) is 50.8 Å². The Morgan fingerprint density at radius 3 is 2.42 bits per heavy atom. The number of nitrogens with zero attached hydrogens (tertiary/aromatic N) is 4. The van der Waals surface area contributed by atoms with Gasteiger partial charge in [-0.25, -0.2) is 15.0 Å². The molecule has 1 atom stereocenters. The summed E-state index contributed by atoms with van der Waals surface area (Å²) in [4.78, 5) is 14.5. The molecule has 3 aromatic rings. The van der Waals surface area contributed by atoms with Crippen LogP contribution in [0.15, 0.2) is 18.3 Å². The highest BCUT2D eigenvalue weighted by atomic mass is 16.5. The van der Waals surface area contributed by atoms with Gasteiger partial charge in [-0.3, -0.25) is 0 Å². The van der Waals surface area contributed by atoms with E-state index in [-0.39, 0.29) is 0 Å². The van der Waals surface area contributed by atoms with Gasteiger partial charge < -0.3 is 9.30 Å². The summed E-state index contributed by atoms with van der Waals surface area (Å²) in [6.07, 6.45) is 3.21. The maximum atomic E-state index is 5.56. The van der Waals surface area contributed by atoms with Crippen molar-refractivity contribution in [1.29, 1.82) is 0 Å². The third-order valence-corrected chi connectivity index (χ3v) is 4.99. The standard InChI is InChI=1S/C21H28N4O/c1-8-14(5)25-11-13(4)18-20(25)22-15(6)19(24-18)16-9-10-17(12(2)3)23-21(16)26-7/h9-12,14H,8H2,1-7H3. The lowest BCUT2D eigenvalue weighted by atomic mass is 10.1. The van der Waals surface area contributed by atoms with Gasteiger partial charge in [-0.15, -0.1) is 0 Å². The van der Waals surface area contributed by atoms with Crippen LogP contribution < -0.4 is 4.74 Å². The molecule has 3 aromatic heterocycles. The largest absolute Gasteiger partial charge is 0.480 e. The summed E-state index contributed by atoms with van der Waals surface area (Å²) in [5.41, 5.74) is 6.65. The minimum Gasteiger partial charge on any atom is -0.480 e. The molecule has 0 bridgehead atoms. The number of pyridine rings is 1. The van der Waals surface area contributed by atoms with E-state index in [0.29, 0.717) is 17.8 Å². The fourth-order valence-electron chi connectivity index (χ4n) is 3.18. The molecule has 0 spiro atoms. The molecule has 0 radical (unpaired) electrons. The summed E-state index contributed by atoms with van der Waals surface area (Å²) in [5, 5.41) is 0. The van der Waals surface area contributed by atoms with Gasteiger partial charge in [0.2, 0.25) is 5.88 Å². The molecule has 3 heterocycles. The van der Waals surface area contributed by atoms with Crippen LogP contribution in [0.1, 0.15) is 63.0 Å². The van der Waals surface area contributed by atoms with Crippen LogP contribution >= 0.6 is 0 Å². The predicted octanol–water partition coefficient (Wildman–Crippen LogP) is 5.21. The van der Waals surface area contributed by atoms with Crippen LogP contribution in [0.2, 0.25) is 0 Å². The normalized spacial score (nSPS) is 12.8. The minimum atomic E-state index is 0.347. The van der Waals surface area contributed by atoms with Crippen LogP contribution in [0, 0.1) is 13.8 Å². The number of aryl methyl sites for hydroxylation is 2. The molecule has 1 unspecified atom stereocenters. The second-order valence-electron chi connectivity index (χ2n) is 7.25. The Kier molecular flexibility index (Phi) is 4.99. The van der Waals surface area contributed by atoms with E-state index in [1.54, 1.807) is 7.11 Å². The Morgan fingerprint density at radius 1 is 1.08 bits per heavy atom. The number of rotatable bonds is 5. The summed E-state index contributed by atoms with van der Waals surface area (Å²) in [6, 6.07) is 4.49. The lowest BCUT2D eigenvalue weighted by molar-refractivity contribution is 0.397. The van der Waals surface area contributed by atoms with E-state index in [0.717, 1.165) is 45.8 Å². The molecule has 0 N–H and O–H groups in total. The number of aromatic nitrogens is 4. The van der Waals surface area contributed by atoms with Crippen molar-refractivity contribution in [1.82, 2.24) is 19.5 Å². The topological polar surface area (TPSA) is 52.8 Å². The summed E-state index contributed by atoms with van der Waals surface area (Å²) in [7, 11) is 1.65. The molecule has 5 heteroatoms. The monoisotopic (exact) mass is 352 g/mol. The van der Waals surface area contributed by atoms with Gasteiger partial charge in [0.25, 0.3) is 0 Å². The number of hydrogen-bond acceptors (Lipinski definition) is 4. The lowest BCUT2D eigenvalue weighted by Crippen LogP contribution is -2.05. The van der Waals surface area contributed by atoms with E-state index in [4.69, 9.17) is 14.7 Å². The molecular formula is C21H28N4O. The van der Waals surface area contributed by atoms with Crippen molar-refractivity contribution in [2.24, 2.45) is 0 Å². The van der Waals surface area contributed by atoms with Crippen molar-refractivity contribution in [2.75, 3.05) is 7.11 Å². The first kappa shape index (κ1) is 18.4. The van der Waals surface area contributed by atoms with E-state index < -0.39 is 0 Å². The fourth-order valence-corrected chi connectivity index (χ4v) is 3.18. The number of ether oxygens (including phenoxy) is 1. The molecule has 3 rings (SSSR count). The Morgan fingerprint density at radius 2 is 1.81 bits per heavy atom. The lowest BCUT2D eigenvalue weighted by Gasteiger charge is -2.14. The second kappa shape index (κ2) is 7.06. The highest BCUT2D eigenvalue weighted by Gasteiger charge is 2.19. The van der Waals surface area contributed by atoms with Crippen LogP contribution in [0.5, 0.6) is 5.88 Å². The number of hydrogen-bond donors (Lipinski definition) is 0. The highest BCUT2D eigenvalue weighted by molar-refractivity contribution is 5.80. The van der Waals surface area contributed by atoms with E-state index in [9.17, 15) is 0 Å². The molecule has 0 saturated heterocycles. The van der Waals surface area contributed by atoms with Crippen molar-refractivity contribution in [3.8, 4) is 17.1 Å². The summed E-state index contributed by atoms with van der Waals surface area (Å²) < 4.78 is 7.79. The minimum absolute atomic E-state index is 0.347. The first-order valence-corrected chi connectivity index (χ1v) is 9.28. The van der Waals surface area contributed by atoms with Gasteiger partial charge in [0.05, 0.1) is 24.1 Å². The fraction of sp³-hybridized carbons (Fsp3) is 0.476. The molecule has 0 saturated carbocycles. The molecule has 26 heavy (non-hydrogen) atoms. The highest BCUT2D eigenvalue weighted by Crippen LogP contribution is 2.33. The van der Waals surface area contributed by atoms with Crippen LogP contribution in [0.25, 0.3) is 22.4 Å². The average Bonchev–Trinajstić information content (AvgIpc) is 2.95. The number of methoxy groups -OCH3 is 1.